The molecule has 0 bridgehead atoms. The maximum atomic E-state index is 9.14. The Morgan fingerprint density at radius 3 is 2.37 bits per heavy atom. The zero-order valence-corrected chi connectivity index (χ0v) is 12.6. The molecule has 98 valence electrons. The summed E-state index contributed by atoms with van der Waals surface area (Å²) >= 11 is 1.55. The van der Waals surface area contributed by atoms with Gasteiger partial charge in [0.15, 0.2) is 0 Å². The number of hydrogen-bond acceptors (Lipinski definition) is 3. The zero-order chi connectivity index (χ0) is 14.0. The predicted octanol–water partition coefficient (Wildman–Crippen LogP) is 4.73. The minimum absolute atomic E-state index is 0.513. The molecule has 0 aliphatic heterocycles. The molecule has 0 spiro atoms. The van der Waals surface area contributed by atoms with Crippen LogP contribution in [0.1, 0.15) is 44.2 Å². The van der Waals surface area contributed by atoms with E-state index in [4.69, 9.17) is 5.26 Å². The fourth-order valence-corrected chi connectivity index (χ4v) is 2.68. The SMILES string of the molecule is CC(C)c1ccc(-c2csc(C(C)(C)C#N)n2)cc1. The van der Waals surface area contributed by atoms with Crippen molar-refractivity contribution in [2.75, 3.05) is 0 Å². The molecule has 0 fully saturated rings. The molecule has 3 heteroatoms. The maximum absolute atomic E-state index is 9.14. The van der Waals surface area contributed by atoms with Gasteiger partial charge in [0.2, 0.25) is 0 Å². The Balaban J connectivity index is 2.31. The lowest BCUT2D eigenvalue weighted by molar-refractivity contribution is 0.680. The van der Waals surface area contributed by atoms with Crippen LogP contribution in [-0.2, 0) is 5.41 Å². The standard InChI is InChI=1S/C16H18N2S/c1-11(2)12-5-7-13(8-6-12)14-9-19-15(18-14)16(3,4)10-17/h5-9,11H,1-4H3. The largest absolute Gasteiger partial charge is 0.240 e. The van der Waals surface area contributed by atoms with Gasteiger partial charge in [-0.3, -0.25) is 0 Å². The van der Waals surface area contributed by atoms with Gasteiger partial charge in [-0.15, -0.1) is 11.3 Å². The van der Waals surface area contributed by atoms with Gasteiger partial charge in [-0.1, -0.05) is 38.1 Å². The van der Waals surface area contributed by atoms with E-state index in [2.05, 4.69) is 49.2 Å². The molecule has 0 saturated heterocycles. The van der Waals surface area contributed by atoms with Gasteiger partial charge < -0.3 is 0 Å². The minimum Gasteiger partial charge on any atom is -0.240 e. The smallest absolute Gasteiger partial charge is 0.113 e. The lowest BCUT2D eigenvalue weighted by Gasteiger charge is -2.10. The summed E-state index contributed by atoms with van der Waals surface area (Å²) in [6.07, 6.45) is 0. The van der Waals surface area contributed by atoms with Gasteiger partial charge in [0.1, 0.15) is 10.4 Å². The van der Waals surface area contributed by atoms with E-state index < -0.39 is 5.41 Å². The summed E-state index contributed by atoms with van der Waals surface area (Å²) in [6.45, 7) is 8.17. The Morgan fingerprint density at radius 1 is 1.21 bits per heavy atom. The number of rotatable bonds is 3. The highest BCUT2D eigenvalue weighted by Crippen LogP contribution is 2.30. The quantitative estimate of drug-likeness (QED) is 0.808. The second-order valence-electron chi connectivity index (χ2n) is 5.55. The van der Waals surface area contributed by atoms with Crippen LogP contribution in [0.5, 0.6) is 0 Å². The van der Waals surface area contributed by atoms with E-state index in [9.17, 15) is 0 Å². The number of nitrogens with zero attached hydrogens (tertiary/aromatic N) is 2. The molecule has 0 radical (unpaired) electrons. The van der Waals surface area contributed by atoms with Crippen molar-refractivity contribution >= 4 is 11.3 Å². The summed E-state index contributed by atoms with van der Waals surface area (Å²) in [5.74, 6) is 0.539. The molecular weight excluding hydrogens is 252 g/mol. The highest BCUT2D eigenvalue weighted by Gasteiger charge is 2.23. The fourth-order valence-electron chi connectivity index (χ4n) is 1.78. The highest BCUT2D eigenvalue weighted by molar-refractivity contribution is 7.10. The van der Waals surface area contributed by atoms with Crippen LogP contribution in [0.15, 0.2) is 29.6 Å². The first kappa shape index (κ1) is 13.8. The molecule has 2 rings (SSSR count). The second-order valence-corrected chi connectivity index (χ2v) is 6.41. The van der Waals surface area contributed by atoms with Crippen molar-refractivity contribution in [2.45, 2.75) is 39.0 Å². The number of hydrogen-bond donors (Lipinski definition) is 0. The molecule has 0 atom stereocenters. The van der Waals surface area contributed by atoms with Crippen LogP contribution in [-0.4, -0.2) is 4.98 Å². The molecule has 0 unspecified atom stereocenters. The van der Waals surface area contributed by atoms with Crippen molar-refractivity contribution in [1.29, 1.82) is 5.26 Å². The van der Waals surface area contributed by atoms with Crippen molar-refractivity contribution in [3.63, 3.8) is 0 Å². The summed E-state index contributed by atoms with van der Waals surface area (Å²) in [7, 11) is 0. The Hall–Kier alpha value is -1.66. The highest BCUT2D eigenvalue weighted by atomic mass is 32.1. The van der Waals surface area contributed by atoms with Crippen LogP contribution in [0, 0.1) is 11.3 Å². The summed E-state index contributed by atoms with van der Waals surface area (Å²) in [5, 5.41) is 12.0. The number of aromatic nitrogens is 1. The van der Waals surface area contributed by atoms with Crippen LogP contribution >= 0.6 is 11.3 Å². The molecule has 19 heavy (non-hydrogen) atoms. The molecule has 0 amide bonds. The second kappa shape index (κ2) is 5.14. The van der Waals surface area contributed by atoms with Gasteiger partial charge in [0.25, 0.3) is 0 Å². The van der Waals surface area contributed by atoms with E-state index in [1.807, 2.05) is 19.2 Å². The Morgan fingerprint density at radius 2 is 1.84 bits per heavy atom. The lowest BCUT2D eigenvalue weighted by Crippen LogP contribution is -2.13. The first-order chi connectivity index (χ1) is 8.94. The van der Waals surface area contributed by atoms with Crippen LogP contribution in [0.4, 0.5) is 0 Å². The monoisotopic (exact) mass is 270 g/mol. The minimum atomic E-state index is -0.513. The maximum Gasteiger partial charge on any atom is 0.113 e. The molecule has 1 heterocycles. The van der Waals surface area contributed by atoms with Crippen LogP contribution in [0.3, 0.4) is 0 Å². The first-order valence-electron chi connectivity index (χ1n) is 6.41. The van der Waals surface area contributed by atoms with Crippen molar-refractivity contribution in [3.8, 4) is 17.3 Å². The van der Waals surface area contributed by atoms with E-state index in [1.54, 1.807) is 11.3 Å². The molecule has 0 aliphatic carbocycles. The third-order valence-electron chi connectivity index (χ3n) is 3.19. The molecule has 2 nitrogen and oxygen atoms in total. The third kappa shape index (κ3) is 2.85. The third-order valence-corrected chi connectivity index (χ3v) is 4.36. The lowest BCUT2D eigenvalue weighted by atomic mass is 9.97. The first-order valence-corrected chi connectivity index (χ1v) is 7.29. The van der Waals surface area contributed by atoms with Gasteiger partial charge in [0, 0.05) is 10.9 Å². The van der Waals surface area contributed by atoms with E-state index >= 15 is 0 Å². The number of benzene rings is 1. The average Bonchev–Trinajstić information content (AvgIpc) is 2.89. The van der Waals surface area contributed by atoms with Crippen LogP contribution in [0.25, 0.3) is 11.3 Å². The summed E-state index contributed by atoms with van der Waals surface area (Å²) in [6, 6.07) is 10.8. The molecule has 0 N–H and O–H groups in total. The molecular formula is C16H18N2S. The van der Waals surface area contributed by atoms with E-state index in [0.717, 1.165) is 16.3 Å². The van der Waals surface area contributed by atoms with Crippen molar-refractivity contribution < 1.29 is 0 Å². The zero-order valence-electron chi connectivity index (χ0n) is 11.8. The Bertz CT molecular complexity index is 600. The van der Waals surface area contributed by atoms with Gasteiger partial charge in [-0.2, -0.15) is 5.26 Å². The van der Waals surface area contributed by atoms with Gasteiger partial charge in [0.05, 0.1) is 11.8 Å². The summed E-state index contributed by atoms with van der Waals surface area (Å²) in [4.78, 5) is 4.59. The fraction of sp³-hybridized carbons (Fsp3) is 0.375. The molecule has 1 aromatic carbocycles. The summed E-state index contributed by atoms with van der Waals surface area (Å²) in [5.41, 5.74) is 2.89. The van der Waals surface area contributed by atoms with E-state index in [1.165, 1.54) is 5.56 Å². The number of thiazole rings is 1. The normalized spacial score (nSPS) is 11.6. The van der Waals surface area contributed by atoms with Crippen molar-refractivity contribution in [2.24, 2.45) is 0 Å². The van der Waals surface area contributed by atoms with E-state index in [0.29, 0.717) is 5.92 Å². The van der Waals surface area contributed by atoms with Gasteiger partial charge >= 0.3 is 0 Å². The van der Waals surface area contributed by atoms with Gasteiger partial charge in [-0.25, -0.2) is 4.98 Å². The van der Waals surface area contributed by atoms with Gasteiger partial charge in [-0.05, 0) is 25.3 Å². The predicted molar refractivity (Wildman–Crippen MR) is 80.3 cm³/mol. The van der Waals surface area contributed by atoms with E-state index in [-0.39, 0.29) is 0 Å². The Labute approximate surface area is 118 Å². The Kier molecular flexibility index (Phi) is 3.73. The molecule has 2 aromatic rings. The molecule has 0 aliphatic rings. The summed E-state index contributed by atoms with van der Waals surface area (Å²) < 4.78 is 0. The van der Waals surface area contributed by atoms with Crippen molar-refractivity contribution in [1.82, 2.24) is 4.98 Å². The molecule has 0 saturated carbocycles. The van der Waals surface area contributed by atoms with Crippen LogP contribution in [0.2, 0.25) is 0 Å². The average molecular weight is 270 g/mol. The topological polar surface area (TPSA) is 36.7 Å². The molecule has 1 aromatic heterocycles. The number of nitriles is 1. The van der Waals surface area contributed by atoms with Crippen LogP contribution < -0.4 is 0 Å². The van der Waals surface area contributed by atoms with Crippen molar-refractivity contribution in [3.05, 3.63) is 40.2 Å².